The van der Waals surface area contributed by atoms with Crippen LogP contribution in [0.15, 0.2) is 0 Å². The highest BCUT2D eigenvalue weighted by Gasteiger charge is 2.44. The van der Waals surface area contributed by atoms with E-state index in [-0.39, 0.29) is 5.60 Å². The molecule has 2 bridgehead atoms. The van der Waals surface area contributed by atoms with Crippen molar-refractivity contribution in [2.75, 3.05) is 13.6 Å². The molecule has 0 aromatic heterocycles. The second-order valence-corrected chi connectivity index (χ2v) is 7.15. The second-order valence-electron chi connectivity index (χ2n) is 7.15. The molecule has 1 aliphatic heterocycles. The minimum Gasteiger partial charge on any atom is -0.390 e. The molecule has 98 valence electrons. The molecule has 2 heteroatoms. The van der Waals surface area contributed by atoms with E-state index in [2.05, 4.69) is 18.9 Å². The van der Waals surface area contributed by atoms with Crippen LogP contribution < -0.4 is 0 Å². The zero-order chi connectivity index (χ0) is 12.0. The first kappa shape index (κ1) is 12.0. The van der Waals surface area contributed by atoms with Crippen molar-refractivity contribution in [2.24, 2.45) is 17.8 Å². The predicted molar refractivity (Wildman–Crippen MR) is 69.8 cm³/mol. The van der Waals surface area contributed by atoms with Gasteiger partial charge in [0.25, 0.3) is 0 Å². The van der Waals surface area contributed by atoms with Crippen molar-refractivity contribution in [2.45, 2.75) is 63.5 Å². The van der Waals surface area contributed by atoms with Crippen molar-refractivity contribution in [3.63, 3.8) is 0 Å². The third kappa shape index (κ3) is 2.26. The van der Waals surface area contributed by atoms with Gasteiger partial charge in [-0.3, -0.25) is 0 Å². The van der Waals surface area contributed by atoms with E-state index in [0.29, 0.717) is 6.04 Å². The van der Waals surface area contributed by atoms with E-state index >= 15 is 0 Å². The van der Waals surface area contributed by atoms with Crippen LogP contribution in [0.5, 0.6) is 0 Å². The van der Waals surface area contributed by atoms with E-state index in [4.69, 9.17) is 0 Å². The smallest absolute Gasteiger partial charge is 0.0677 e. The van der Waals surface area contributed by atoms with E-state index in [1.165, 1.54) is 25.7 Å². The molecular formula is C15H27NO. The first-order chi connectivity index (χ1) is 8.06. The topological polar surface area (TPSA) is 23.5 Å². The van der Waals surface area contributed by atoms with Gasteiger partial charge in [0.05, 0.1) is 5.60 Å². The molecule has 0 aromatic carbocycles. The minimum absolute atomic E-state index is 0.346. The Morgan fingerprint density at radius 1 is 1.29 bits per heavy atom. The minimum atomic E-state index is -0.346. The van der Waals surface area contributed by atoms with Crippen molar-refractivity contribution in [3.05, 3.63) is 0 Å². The predicted octanol–water partition coefficient (Wildman–Crippen LogP) is 2.66. The van der Waals surface area contributed by atoms with Gasteiger partial charge in [0, 0.05) is 12.6 Å². The highest BCUT2D eigenvalue weighted by atomic mass is 16.3. The average molecular weight is 237 g/mol. The molecule has 5 atom stereocenters. The Labute approximate surface area is 105 Å². The number of likely N-dealkylation sites (tertiary alicyclic amines) is 1. The number of piperidine rings is 1. The molecule has 3 rings (SSSR count). The lowest BCUT2D eigenvalue weighted by molar-refractivity contribution is -0.0571. The van der Waals surface area contributed by atoms with E-state index in [9.17, 15) is 5.11 Å². The van der Waals surface area contributed by atoms with Gasteiger partial charge in [-0.15, -0.1) is 0 Å². The summed E-state index contributed by atoms with van der Waals surface area (Å²) >= 11 is 0. The molecule has 3 aliphatic rings. The van der Waals surface area contributed by atoms with Crippen LogP contribution >= 0.6 is 0 Å². The first-order valence-corrected chi connectivity index (χ1v) is 7.48. The summed E-state index contributed by atoms with van der Waals surface area (Å²) in [7, 11) is 2.18. The van der Waals surface area contributed by atoms with Gasteiger partial charge in [0.15, 0.2) is 0 Å². The van der Waals surface area contributed by atoms with Crippen LogP contribution in [0.25, 0.3) is 0 Å². The summed E-state index contributed by atoms with van der Waals surface area (Å²) in [5.41, 5.74) is -0.346. The van der Waals surface area contributed by atoms with Crippen LogP contribution in [0.3, 0.4) is 0 Å². The van der Waals surface area contributed by atoms with Crippen molar-refractivity contribution in [1.82, 2.24) is 4.90 Å². The molecule has 5 unspecified atom stereocenters. The van der Waals surface area contributed by atoms with Crippen molar-refractivity contribution < 1.29 is 5.11 Å². The summed E-state index contributed by atoms with van der Waals surface area (Å²) in [6, 6.07) is 0.548. The fourth-order valence-corrected chi connectivity index (χ4v) is 4.71. The SMILES string of the molecule is CC1CC(O)(CC2CC3CCC2C3)CCN1C. The van der Waals surface area contributed by atoms with E-state index in [1.54, 1.807) is 0 Å². The zero-order valence-corrected chi connectivity index (χ0v) is 11.4. The summed E-state index contributed by atoms with van der Waals surface area (Å²) in [5.74, 6) is 2.81. The van der Waals surface area contributed by atoms with Gasteiger partial charge < -0.3 is 10.0 Å². The third-order valence-corrected chi connectivity index (χ3v) is 5.88. The van der Waals surface area contributed by atoms with E-state index < -0.39 is 0 Å². The molecule has 1 heterocycles. The summed E-state index contributed by atoms with van der Waals surface area (Å²) in [6.07, 6.45) is 8.86. The van der Waals surface area contributed by atoms with Crippen LogP contribution in [0.2, 0.25) is 0 Å². The number of rotatable bonds is 2. The Balaban J connectivity index is 1.61. The molecule has 0 radical (unpaired) electrons. The molecular weight excluding hydrogens is 210 g/mol. The number of aliphatic hydroxyl groups is 1. The van der Waals surface area contributed by atoms with Gasteiger partial charge in [-0.2, -0.15) is 0 Å². The number of hydrogen-bond acceptors (Lipinski definition) is 2. The molecule has 0 spiro atoms. The molecule has 2 nitrogen and oxygen atoms in total. The second kappa shape index (κ2) is 4.24. The van der Waals surface area contributed by atoms with Gasteiger partial charge in [-0.1, -0.05) is 6.42 Å². The first-order valence-electron chi connectivity index (χ1n) is 7.48. The van der Waals surface area contributed by atoms with Crippen LogP contribution in [0, 0.1) is 17.8 Å². The lowest BCUT2D eigenvalue weighted by atomic mass is 9.75. The zero-order valence-electron chi connectivity index (χ0n) is 11.4. The molecule has 2 saturated carbocycles. The quantitative estimate of drug-likeness (QED) is 0.798. The normalized spacial score (nSPS) is 51.0. The van der Waals surface area contributed by atoms with Crippen LogP contribution in [0.4, 0.5) is 0 Å². The maximum Gasteiger partial charge on any atom is 0.0677 e. The van der Waals surface area contributed by atoms with Crippen LogP contribution in [-0.4, -0.2) is 35.2 Å². The average Bonchev–Trinajstić information content (AvgIpc) is 2.85. The van der Waals surface area contributed by atoms with Crippen molar-refractivity contribution >= 4 is 0 Å². The van der Waals surface area contributed by atoms with Gasteiger partial charge in [-0.05, 0) is 70.3 Å². The molecule has 0 amide bonds. The Morgan fingerprint density at radius 3 is 2.71 bits per heavy atom. The van der Waals surface area contributed by atoms with Crippen molar-refractivity contribution in [1.29, 1.82) is 0 Å². The van der Waals surface area contributed by atoms with Gasteiger partial charge in [-0.25, -0.2) is 0 Å². The van der Waals surface area contributed by atoms with Gasteiger partial charge in [0.2, 0.25) is 0 Å². The maximum atomic E-state index is 10.8. The highest BCUT2D eigenvalue weighted by molar-refractivity contribution is 4.97. The Kier molecular flexibility index (Phi) is 2.99. The van der Waals surface area contributed by atoms with Gasteiger partial charge in [0.1, 0.15) is 0 Å². The number of hydrogen-bond donors (Lipinski definition) is 1. The Morgan fingerprint density at radius 2 is 2.12 bits per heavy atom. The molecule has 3 fully saturated rings. The molecule has 17 heavy (non-hydrogen) atoms. The lowest BCUT2D eigenvalue weighted by Gasteiger charge is -2.43. The molecule has 1 N–H and O–H groups in total. The molecule has 1 saturated heterocycles. The molecule has 2 aliphatic carbocycles. The van der Waals surface area contributed by atoms with Gasteiger partial charge >= 0.3 is 0 Å². The van der Waals surface area contributed by atoms with E-state index in [0.717, 1.165) is 43.6 Å². The third-order valence-electron chi connectivity index (χ3n) is 5.88. The number of nitrogens with zero attached hydrogens (tertiary/aromatic N) is 1. The van der Waals surface area contributed by atoms with Crippen molar-refractivity contribution in [3.8, 4) is 0 Å². The van der Waals surface area contributed by atoms with E-state index in [1.807, 2.05) is 0 Å². The fourth-order valence-electron chi connectivity index (χ4n) is 4.71. The maximum absolute atomic E-state index is 10.8. The monoisotopic (exact) mass is 237 g/mol. The number of fused-ring (bicyclic) bond motifs is 2. The standard InChI is InChI=1S/C15H27NO/c1-11-9-15(17,5-6-16(11)2)10-14-8-12-3-4-13(14)7-12/h11-14,17H,3-10H2,1-2H3. The lowest BCUT2D eigenvalue weighted by Crippen LogP contribution is -2.48. The molecule has 0 aromatic rings. The summed E-state index contributed by atoms with van der Waals surface area (Å²) in [5, 5.41) is 10.8. The highest BCUT2D eigenvalue weighted by Crippen LogP contribution is 2.51. The summed E-state index contributed by atoms with van der Waals surface area (Å²) in [4.78, 5) is 2.38. The van der Waals surface area contributed by atoms with Crippen LogP contribution in [0.1, 0.15) is 51.9 Å². The van der Waals surface area contributed by atoms with Crippen LogP contribution in [-0.2, 0) is 0 Å². The fraction of sp³-hybridized carbons (Fsp3) is 1.00. The summed E-state index contributed by atoms with van der Waals surface area (Å²) in [6.45, 7) is 3.32. The summed E-state index contributed by atoms with van der Waals surface area (Å²) < 4.78 is 0. The Bertz CT molecular complexity index is 293. The largest absolute Gasteiger partial charge is 0.390 e. The Hall–Kier alpha value is -0.0800.